The van der Waals surface area contributed by atoms with Gasteiger partial charge in [0.2, 0.25) is 5.91 Å². The van der Waals surface area contributed by atoms with Crippen LogP contribution in [-0.4, -0.2) is 62.9 Å². The molecule has 1 N–H and O–H groups in total. The second kappa shape index (κ2) is 7.53. The van der Waals surface area contributed by atoms with Gasteiger partial charge < -0.3 is 24.2 Å². The lowest BCUT2D eigenvalue weighted by atomic mass is 9.82. The molecule has 1 aromatic rings. The number of hydrogen-bond acceptors (Lipinski definition) is 5. The monoisotopic (exact) mass is 365 g/mol. The van der Waals surface area contributed by atoms with Gasteiger partial charge in [-0.25, -0.2) is 0 Å². The molecule has 0 spiro atoms. The summed E-state index contributed by atoms with van der Waals surface area (Å²) in [6.07, 6.45) is 0.379. The lowest BCUT2D eigenvalue weighted by molar-refractivity contribution is -0.152. The number of carboxylic acid groups (broad SMARTS) is 1. The SMILES string of the molecule is COCC1(C(=O)O)CCN(C(=O)C(C)(C)c2ccc(OC)c(OC)c2)C1. The fourth-order valence-corrected chi connectivity index (χ4v) is 3.42. The summed E-state index contributed by atoms with van der Waals surface area (Å²) < 4.78 is 15.7. The van der Waals surface area contributed by atoms with Gasteiger partial charge in [0.05, 0.1) is 26.2 Å². The molecule has 1 fully saturated rings. The van der Waals surface area contributed by atoms with E-state index in [0.29, 0.717) is 24.5 Å². The summed E-state index contributed by atoms with van der Waals surface area (Å²) in [5.74, 6) is 0.0831. The number of rotatable bonds is 7. The third-order valence-electron chi connectivity index (χ3n) is 5.16. The predicted molar refractivity (Wildman–Crippen MR) is 95.7 cm³/mol. The van der Waals surface area contributed by atoms with Crippen LogP contribution in [0.15, 0.2) is 18.2 Å². The van der Waals surface area contributed by atoms with Gasteiger partial charge in [0.1, 0.15) is 5.41 Å². The topological polar surface area (TPSA) is 85.3 Å². The molecule has 0 bridgehead atoms. The summed E-state index contributed by atoms with van der Waals surface area (Å²) in [4.78, 5) is 26.5. The van der Waals surface area contributed by atoms with Gasteiger partial charge in [-0.3, -0.25) is 9.59 Å². The highest BCUT2D eigenvalue weighted by molar-refractivity contribution is 5.89. The van der Waals surface area contributed by atoms with Crippen molar-refractivity contribution in [1.82, 2.24) is 4.90 Å². The van der Waals surface area contributed by atoms with Crippen molar-refractivity contribution >= 4 is 11.9 Å². The molecule has 144 valence electrons. The summed E-state index contributed by atoms with van der Waals surface area (Å²) in [5.41, 5.74) is -1.10. The molecule has 0 aliphatic carbocycles. The van der Waals surface area contributed by atoms with Crippen molar-refractivity contribution in [3.8, 4) is 11.5 Å². The highest BCUT2D eigenvalue weighted by Gasteiger charge is 2.48. The van der Waals surface area contributed by atoms with Crippen molar-refractivity contribution < 1.29 is 28.9 Å². The molecule has 1 aliphatic heterocycles. The molecular formula is C19H27NO6. The Morgan fingerprint density at radius 3 is 2.38 bits per heavy atom. The number of hydrogen-bond donors (Lipinski definition) is 1. The normalized spacial score (nSPS) is 20.1. The Morgan fingerprint density at radius 2 is 1.85 bits per heavy atom. The van der Waals surface area contributed by atoms with Crippen molar-refractivity contribution in [2.75, 3.05) is 41.0 Å². The number of amides is 1. The van der Waals surface area contributed by atoms with Crippen LogP contribution in [0.2, 0.25) is 0 Å². The molecule has 0 saturated carbocycles. The van der Waals surface area contributed by atoms with Crippen LogP contribution in [-0.2, 0) is 19.7 Å². The average molecular weight is 365 g/mol. The van der Waals surface area contributed by atoms with Crippen LogP contribution in [0.5, 0.6) is 11.5 Å². The van der Waals surface area contributed by atoms with Gasteiger partial charge in [0.15, 0.2) is 11.5 Å². The Kier molecular flexibility index (Phi) is 5.81. The maximum atomic E-state index is 13.2. The first-order chi connectivity index (χ1) is 12.2. The number of carbonyl (C=O) groups is 2. The molecule has 7 nitrogen and oxygen atoms in total. The van der Waals surface area contributed by atoms with Gasteiger partial charge in [-0.15, -0.1) is 0 Å². The first-order valence-electron chi connectivity index (χ1n) is 8.46. The van der Waals surface area contributed by atoms with Gasteiger partial charge in [-0.1, -0.05) is 6.07 Å². The molecular weight excluding hydrogens is 338 g/mol. The van der Waals surface area contributed by atoms with E-state index in [0.717, 1.165) is 5.56 Å². The van der Waals surface area contributed by atoms with Gasteiger partial charge in [-0.05, 0) is 38.0 Å². The van der Waals surface area contributed by atoms with E-state index in [1.165, 1.54) is 7.11 Å². The van der Waals surface area contributed by atoms with Gasteiger partial charge in [-0.2, -0.15) is 0 Å². The molecule has 0 radical (unpaired) electrons. The number of carboxylic acids is 1. The Balaban J connectivity index is 2.27. The van der Waals surface area contributed by atoms with E-state index in [9.17, 15) is 14.7 Å². The van der Waals surface area contributed by atoms with E-state index in [1.807, 2.05) is 19.9 Å². The number of likely N-dealkylation sites (tertiary alicyclic amines) is 1. The summed E-state index contributed by atoms with van der Waals surface area (Å²) in [6, 6.07) is 5.38. The maximum Gasteiger partial charge on any atom is 0.313 e. The summed E-state index contributed by atoms with van der Waals surface area (Å²) >= 11 is 0. The highest BCUT2D eigenvalue weighted by Crippen LogP contribution is 2.37. The van der Waals surface area contributed by atoms with Gasteiger partial charge >= 0.3 is 5.97 Å². The van der Waals surface area contributed by atoms with Crippen LogP contribution in [0.25, 0.3) is 0 Å². The quantitative estimate of drug-likeness (QED) is 0.795. The van der Waals surface area contributed by atoms with Crippen LogP contribution in [0, 0.1) is 5.41 Å². The maximum absolute atomic E-state index is 13.2. The van der Waals surface area contributed by atoms with Crippen molar-refractivity contribution in [2.45, 2.75) is 25.7 Å². The summed E-state index contributed by atoms with van der Waals surface area (Å²) in [6.45, 7) is 4.28. The molecule has 1 atom stereocenters. The zero-order chi connectivity index (χ0) is 19.5. The van der Waals surface area contributed by atoms with Gasteiger partial charge in [0, 0.05) is 20.2 Å². The van der Waals surface area contributed by atoms with Gasteiger partial charge in [0.25, 0.3) is 0 Å². The van der Waals surface area contributed by atoms with Crippen molar-refractivity contribution in [1.29, 1.82) is 0 Å². The molecule has 1 aromatic carbocycles. The molecule has 1 amide bonds. The molecule has 2 rings (SSSR count). The Bertz CT molecular complexity index is 687. The fraction of sp³-hybridized carbons (Fsp3) is 0.579. The molecule has 1 saturated heterocycles. The smallest absolute Gasteiger partial charge is 0.313 e. The van der Waals surface area contributed by atoms with Crippen LogP contribution >= 0.6 is 0 Å². The van der Waals surface area contributed by atoms with Crippen LogP contribution in [0.1, 0.15) is 25.8 Å². The van der Waals surface area contributed by atoms with E-state index in [4.69, 9.17) is 14.2 Å². The number of carbonyl (C=O) groups excluding carboxylic acids is 1. The Morgan fingerprint density at radius 1 is 1.19 bits per heavy atom. The third-order valence-corrected chi connectivity index (χ3v) is 5.16. The second-order valence-corrected chi connectivity index (χ2v) is 7.19. The van der Waals surface area contributed by atoms with E-state index in [-0.39, 0.29) is 19.1 Å². The molecule has 0 aromatic heterocycles. The molecule has 26 heavy (non-hydrogen) atoms. The number of nitrogens with zero attached hydrogens (tertiary/aromatic N) is 1. The van der Waals surface area contributed by atoms with Crippen molar-refractivity contribution in [3.63, 3.8) is 0 Å². The minimum atomic E-state index is -1.04. The van der Waals surface area contributed by atoms with Crippen LogP contribution in [0.3, 0.4) is 0 Å². The number of ether oxygens (including phenoxy) is 3. The largest absolute Gasteiger partial charge is 0.493 e. The third kappa shape index (κ3) is 3.49. The van der Waals surface area contributed by atoms with E-state index >= 15 is 0 Å². The average Bonchev–Trinajstić information content (AvgIpc) is 3.06. The van der Waals surface area contributed by atoms with Crippen molar-refractivity contribution in [3.05, 3.63) is 23.8 Å². The second-order valence-electron chi connectivity index (χ2n) is 7.19. The van der Waals surface area contributed by atoms with E-state index in [1.54, 1.807) is 31.3 Å². The number of aliphatic carboxylic acids is 1. The lowest BCUT2D eigenvalue weighted by Gasteiger charge is -2.31. The van der Waals surface area contributed by atoms with Crippen LogP contribution in [0.4, 0.5) is 0 Å². The molecule has 1 aliphatic rings. The minimum absolute atomic E-state index is 0.0862. The fourth-order valence-electron chi connectivity index (χ4n) is 3.42. The Labute approximate surface area is 153 Å². The summed E-state index contributed by atoms with van der Waals surface area (Å²) in [7, 11) is 4.57. The van der Waals surface area contributed by atoms with Crippen molar-refractivity contribution in [2.24, 2.45) is 5.41 Å². The first-order valence-corrected chi connectivity index (χ1v) is 8.46. The zero-order valence-corrected chi connectivity index (χ0v) is 16.0. The molecule has 1 unspecified atom stereocenters. The standard InChI is InChI=1S/C19H27NO6/c1-18(2,13-6-7-14(25-4)15(10-13)26-5)16(21)20-9-8-19(11-20,12-24-3)17(22)23/h6-7,10H,8-9,11-12H2,1-5H3,(H,22,23). The number of benzene rings is 1. The number of methoxy groups -OCH3 is 3. The van der Waals surface area contributed by atoms with Crippen LogP contribution < -0.4 is 9.47 Å². The van der Waals surface area contributed by atoms with E-state index in [2.05, 4.69) is 0 Å². The highest BCUT2D eigenvalue weighted by atomic mass is 16.5. The molecule has 1 heterocycles. The predicted octanol–water partition coefficient (Wildman–Crippen LogP) is 1.93. The summed E-state index contributed by atoms with van der Waals surface area (Å²) in [5, 5.41) is 9.59. The van der Waals surface area contributed by atoms with E-state index < -0.39 is 16.8 Å². The lowest BCUT2D eigenvalue weighted by Crippen LogP contribution is -2.45. The minimum Gasteiger partial charge on any atom is -0.493 e. The first kappa shape index (κ1) is 20.0. The zero-order valence-electron chi connectivity index (χ0n) is 16.0. The molecule has 7 heteroatoms. The Hall–Kier alpha value is -2.28.